The summed E-state index contributed by atoms with van der Waals surface area (Å²) in [5, 5.41) is 0. The van der Waals surface area contributed by atoms with Crippen LogP contribution in [0.2, 0.25) is 0 Å². The third kappa shape index (κ3) is 94.5. The molecule has 0 fully saturated rings. The molecule has 32 heteroatoms. The summed E-state index contributed by atoms with van der Waals surface area (Å²) in [4.78, 5) is 61.3. The second-order valence-corrected chi connectivity index (χ2v) is 8.65. The maximum atomic E-state index is 9.39. The van der Waals surface area contributed by atoms with Crippen LogP contribution in [0.3, 0.4) is 0 Å². The predicted molar refractivity (Wildman–Crippen MR) is 94.6 cm³/mol. The van der Waals surface area contributed by atoms with Crippen LogP contribution in [0, 0.1) is 0 Å². The third-order valence-corrected chi connectivity index (χ3v) is 5.03. The van der Waals surface area contributed by atoms with Gasteiger partial charge in [0, 0.05) is 36.5 Å². The van der Waals surface area contributed by atoms with Crippen LogP contribution in [0.4, 0.5) is 0 Å². The van der Waals surface area contributed by atoms with Crippen molar-refractivity contribution in [3.63, 3.8) is 0 Å². The zero-order chi connectivity index (χ0) is 27.4. The molecule has 20 nitrogen and oxygen atoms in total. The quantitative estimate of drug-likeness (QED) is 0.162. The van der Waals surface area contributed by atoms with Crippen LogP contribution in [0.15, 0.2) is 0 Å². The molecule has 0 aliphatic rings. The number of hydrogen-bond acceptors (Lipinski definition) is 12. The van der Waals surface area contributed by atoms with Crippen LogP contribution >= 0.6 is 84.9 Å². The molecule has 0 aromatic heterocycles. The summed E-state index contributed by atoms with van der Waals surface area (Å²) in [5.41, 5.74) is 0. The molecule has 32 heavy (non-hydrogen) atoms. The Labute approximate surface area is 214 Å². The molecule has 0 spiro atoms. The molecule has 0 bridgehead atoms. The summed E-state index contributed by atoms with van der Waals surface area (Å²) >= 11 is 3.22. The number of halogens is 2. The van der Waals surface area contributed by atoms with E-state index in [0.717, 1.165) is 0 Å². The van der Waals surface area contributed by atoms with E-state index in [9.17, 15) is 36.5 Å². The van der Waals surface area contributed by atoms with Gasteiger partial charge in [-0.05, 0) is 0 Å². The molecule has 0 amide bonds. The van der Waals surface area contributed by atoms with E-state index in [2.05, 4.69) is 36.1 Å². The Morgan fingerprint density at radius 3 is 0.406 bits per heavy atom. The van der Waals surface area contributed by atoms with E-state index in [1.165, 1.54) is 0 Å². The van der Waals surface area contributed by atoms with Crippen LogP contribution < -0.4 is 0 Å². The Balaban J connectivity index is -0.0000000667. The fourth-order valence-corrected chi connectivity index (χ4v) is 2.15. The van der Waals surface area contributed by atoms with Gasteiger partial charge in [0.1, 0.15) is 0 Å². The first-order chi connectivity index (χ1) is 14.5. The molecular formula is H8Cl2O20P8Pt2+8. The molecule has 8 N–H and O–H groups in total. The fourth-order valence-electron chi connectivity index (χ4n) is 0.239. The van der Waals surface area contributed by atoms with Crippen molar-refractivity contribution in [2.75, 3.05) is 0 Å². The van der Waals surface area contributed by atoms with Crippen LogP contribution in [0.25, 0.3) is 0 Å². The molecule has 0 aliphatic carbocycles. The van der Waals surface area contributed by atoms with E-state index in [1.807, 2.05) is 0 Å². The van der Waals surface area contributed by atoms with Gasteiger partial charge in [-0.25, -0.2) is 0 Å². The molecular weight excluding hydrogens is 1030 g/mol. The molecule has 0 aromatic carbocycles. The first-order valence-corrected chi connectivity index (χ1v) is 19.4. The summed E-state index contributed by atoms with van der Waals surface area (Å²) in [6.07, 6.45) is 0. The van der Waals surface area contributed by atoms with Gasteiger partial charge in [-0.3, -0.25) is 0 Å². The van der Waals surface area contributed by atoms with E-state index < -0.39 is 66.0 Å². The molecule has 8 atom stereocenters. The first kappa shape index (κ1) is 47.5. The normalized spacial score (nSPS) is 12.2. The first-order valence-electron chi connectivity index (χ1n) is 4.76. The Bertz CT molecular complexity index is 454. The van der Waals surface area contributed by atoms with Gasteiger partial charge in [0.15, 0.2) is 17.2 Å². The Morgan fingerprint density at radius 1 is 0.344 bits per heavy atom. The van der Waals surface area contributed by atoms with E-state index >= 15 is 0 Å². The monoisotopic (exact) mass is 1040 g/mol. The van der Waals surface area contributed by atoms with Crippen molar-refractivity contribution in [3.05, 3.63) is 0 Å². The molecule has 0 aromatic rings. The topological polar surface area (TPSA) is 335 Å². The zero-order valence-electron chi connectivity index (χ0n) is 13.4. The van der Waals surface area contributed by atoms with Gasteiger partial charge in [-0.1, -0.05) is 0 Å². The van der Waals surface area contributed by atoms with Crippen LogP contribution in [0.1, 0.15) is 0 Å². The van der Waals surface area contributed by atoms with Crippen molar-refractivity contribution < 1.29 is 130 Å². The Morgan fingerprint density at radius 2 is 0.406 bits per heavy atom. The third-order valence-electron chi connectivity index (χ3n) is 0.559. The SMILES string of the molecule is O=[P+](O)O[P+](=O)O.O=[P+](O)O[P+](=O)O.O=[P+](O)O[P+](=O)O.O=[P+](O)O[P+](=O)O.[Cl][Pt].[Cl][Pt]. The molecule has 0 heterocycles. The average molecular weight is 1040 g/mol. The summed E-state index contributed by atoms with van der Waals surface area (Å²) in [5.74, 6) is 0. The number of rotatable bonds is 8. The second kappa shape index (κ2) is 37.8. The van der Waals surface area contributed by atoms with Crippen molar-refractivity contribution in [3.8, 4) is 0 Å². The van der Waals surface area contributed by atoms with Crippen molar-refractivity contribution in [1.82, 2.24) is 0 Å². The van der Waals surface area contributed by atoms with Gasteiger partial charge in [0.2, 0.25) is 0 Å². The molecule has 8 unspecified atom stereocenters. The van der Waals surface area contributed by atoms with Crippen LogP contribution in [-0.2, 0) is 91.3 Å². The summed E-state index contributed by atoms with van der Waals surface area (Å²) in [6.45, 7) is 0. The van der Waals surface area contributed by atoms with E-state index in [-0.39, 0.29) is 0 Å². The van der Waals surface area contributed by atoms with Gasteiger partial charge in [0.25, 0.3) is 0 Å². The molecule has 194 valence electrons. The predicted octanol–water partition coefficient (Wildman–Crippen LogP) is 2.58. The molecule has 0 aliphatic heterocycles. The molecule has 0 saturated carbocycles. The summed E-state index contributed by atoms with van der Waals surface area (Å²) in [7, 11) is -14.2. The molecule has 0 rings (SSSR count). The van der Waals surface area contributed by atoms with E-state index in [0.29, 0.717) is 0 Å². The fraction of sp³-hybridized carbons (Fsp3) is 0. The van der Waals surface area contributed by atoms with Gasteiger partial charge in [-0.2, -0.15) is 0 Å². The van der Waals surface area contributed by atoms with Crippen molar-refractivity contribution in [1.29, 1.82) is 0 Å². The van der Waals surface area contributed by atoms with Gasteiger partial charge in [-0.15, -0.1) is 39.1 Å². The second-order valence-electron chi connectivity index (χ2n) is 2.23. The van der Waals surface area contributed by atoms with E-state index in [4.69, 9.17) is 39.1 Å². The standard InChI is InChI=1S/2ClH.4O5P2.2Pt/c;;4*1-6(2)5-7(3)4;;/h2*1H;;;;;;/q;;;;;;2*+1/p+6. The Hall–Kier alpha value is 2.28. The Kier molecular flexibility index (Phi) is 56.1. The van der Waals surface area contributed by atoms with Crippen LogP contribution in [0.5, 0.6) is 0 Å². The number of hydrogen-bond donors (Lipinski definition) is 8. The van der Waals surface area contributed by atoms with Crippen LogP contribution in [-0.4, -0.2) is 39.1 Å². The minimum atomic E-state index is -2.92. The van der Waals surface area contributed by atoms with Crippen molar-refractivity contribution in [2.45, 2.75) is 0 Å². The maximum absolute atomic E-state index is 9.39. The van der Waals surface area contributed by atoms with Crippen molar-refractivity contribution >= 4 is 84.9 Å². The minimum absolute atomic E-state index is 1.61. The van der Waals surface area contributed by atoms with Gasteiger partial charge in [0.05, 0.1) is 0 Å². The molecule has 0 radical (unpaired) electrons. The zero-order valence-corrected chi connectivity index (χ0v) is 26.7. The van der Waals surface area contributed by atoms with Crippen molar-refractivity contribution in [2.24, 2.45) is 0 Å². The summed E-state index contributed by atoms with van der Waals surface area (Å²) in [6, 6.07) is 0. The molecule has 0 saturated heterocycles. The van der Waals surface area contributed by atoms with Gasteiger partial charge >= 0.3 is 122 Å². The van der Waals surface area contributed by atoms with Gasteiger partial charge < -0.3 is 0 Å². The average Bonchev–Trinajstić information content (AvgIpc) is 2.55. The summed E-state index contributed by atoms with van der Waals surface area (Å²) < 4.78 is 88.7. The van der Waals surface area contributed by atoms with E-state index in [1.54, 1.807) is 37.5 Å².